The topological polar surface area (TPSA) is 24.1 Å². The summed E-state index contributed by atoms with van der Waals surface area (Å²) in [6, 6.07) is 17.7. The molecule has 2 nitrogen and oxygen atoms in total. The Morgan fingerprint density at radius 1 is 0.923 bits per heavy atom. The third-order valence-corrected chi connectivity index (χ3v) is 5.45. The zero-order chi connectivity index (χ0) is 18.1. The number of benzene rings is 2. The molecule has 2 aromatic rings. The Bertz CT molecular complexity index is 889. The molecule has 1 aliphatic carbocycles. The summed E-state index contributed by atoms with van der Waals surface area (Å²) in [5, 5.41) is 7.64. The number of hydrogen-bond donors (Lipinski definition) is 2. The van der Waals surface area contributed by atoms with Crippen LogP contribution in [0.5, 0.6) is 0 Å². The molecule has 0 saturated heterocycles. The van der Waals surface area contributed by atoms with Crippen LogP contribution in [-0.2, 0) is 0 Å². The minimum atomic E-state index is 0.168. The van der Waals surface area contributed by atoms with Gasteiger partial charge in [0.05, 0.1) is 6.04 Å². The van der Waals surface area contributed by atoms with Gasteiger partial charge in [0.2, 0.25) is 0 Å². The van der Waals surface area contributed by atoms with E-state index in [4.69, 9.17) is 12.2 Å². The Morgan fingerprint density at radius 2 is 1.58 bits per heavy atom. The first-order valence-electron chi connectivity index (χ1n) is 9.25. The summed E-state index contributed by atoms with van der Waals surface area (Å²) in [6.45, 7) is 4.25. The second-order valence-corrected chi connectivity index (χ2v) is 7.68. The van der Waals surface area contributed by atoms with Crippen molar-refractivity contribution in [2.75, 3.05) is 0 Å². The van der Waals surface area contributed by atoms with E-state index in [-0.39, 0.29) is 6.04 Å². The highest BCUT2D eigenvalue weighted by atomic mass is 32.1. The lowest BCUT2D eigenvalue weighted by Gasteiger charge is -2.36. The average Bonchev–Trinajstić information content (AvgIpc) is 2.64. The maximum Gasteiger partial charge on any atom is 0.171 e. The Morgan fingerprint density at radius 3 is 2.27 bits per heavy atom. The van der Waals surface area contributed by atoms with Gasteiger partial charge in [-0.1, -0.05) is 59.7 Å². The van der Waals surface area contributed by atoms with Gasteiger partial charge in [-0.05, 0) is 73.7 Å². The van der Waals surface area contributed by atoms with Crippen molar-refractivity contribution in [1.82, 2.24) is 10.6 Å². The Labute approximate surface area is 161 Å². The molecule has 2 aliphatic rings. The SMILES string of the molecule is Cc1ccc(/C=C2/CCCC3=C2NC(=S)N[C@H]3c2ccc(C)cc2)cc1. The maximum absolute atomic E-state index is 5.53. The van der Waals surface area contributed by atoms with Crippen LogP contribution in [0.2, 0.25) is 0 Å². The zero-order valence-electron chi connectivity index (χ0n) is 15.3. The standard InChI is InChI=1S/C23H24N2S/c1-15-6-10-17(11-7-15)14-19-4-3-5-20-21(24-23(26)25-22(19)20)18-12-8-16(2)9-13-18/h6-14,21H,3-5H2,1-2H3,(H2,24,25,26)/b19-14-/t21-/m0/s1. The van der Waals surface area contributed by atoms with E-state index in [0.29, 0.717) is 5.11 Å². The van der Waals surface area contributed by atoms with E-state index in [1.54, 1.807) is 0 Å². The fourth-order valence-electron chi connectivity index (χ4n) is 3.79. The van der Waals surface area contributed by atoms with Crippen LogP contribution in [0.4, 0.5) is 0 Å². The predicted molar refractivity (Wildman–Crippen MR) is 113 cm³/mol. The van der Waals surface area contributed by atoms with Crippen LogP contribution in [0.1, 0.15) is 47.6 Å². The molecule has 4 rings (SSSR count). The number of aryl methyl sites for hydroxylation is 2. The van der Waals surface area contributed by atoms with Crippen molar-refractivity contribution in [3.8, 4) is 0 Å². The van der Waals surface area contributed by atoms with Crippen molar-refractivity contribution < 1.29 is 0 Å². The van der Waals surface area contributed by atoms with Crippen molar-refractivity contribution in [2.24, 2.45) is 0 Å². The molecule has 0 aromatic heterocycles. The highest BCUT2D eigenvalue weighted by Crippen LogP contribution is 2.38. The van der Waals surface area contributed by atoms with Crippen LogP contribution in [0.15, 0.2) is 65.4 Å². The lowest BCUT2D eigenvalue weighted by molar-refractivity contribution is 0.609. The van der Waals surface area contributed by atoms with Gasteiger partial charge in [0.25, 0.3) is 0 Å². The normalized spacial score (nSPS) is 21.2. The van der Waals surface area contributed by atoms with E-state index in [1.165, 1.54) is 45.5 Å². The molecule has 3 heteroatoms. The van der Waals surface area contributed by atoms with Gasteiger partial charge >= 0.3 is 0 Å². The Hall–Kier alpha value is -2.39. The van der Waals surface area contributed by atoms with E-state index in [2.05, 4.69) is 79.1 Å². The smallest absolute Gasteiger partial charge is 0.171 e. The van der Waals surface area contributed by atoms with Crippen molar-refractivity contribution in [3.05, 3.63) is 87.6 Å². The minimum absolute atomic E-state index is 0.168. The van der Waals surface area contributed by atoms with E-state index in [9.17, 15) is 0 Å². The number of allylic oxidation sites excluding steroid dienone is 1. The molecule has 0 unspecified atom stereocenters. The summed E-state index contributed by atoms with van der Waals surface area (Å²) in [6.07, 6.45) is 5.67. The molecule has 26 heavy (non-hydrogen) atoms. The molecule has 132 valence electrons. The molecule has 0 bridgehead atoms. The van der Waals surface area contributed by atoms with Crippen molar-refractivity contribution in [3.63, 3.8) is 0 Å². The molecular formula is C23H24N2S. The van der Waals surface area contributed by atoms with Crippen LogP contribution in [0.25, 0.3) is 6.08 Å². The van der Waals surface area contributed by atoms with E-state index >= 15 is 0 Å². The van der Waals surface area contributed by atoms with E-state index < -0.39 is 0 Å². The number of thiocarbonyl (C=S) groups is 1. The fourth-order valence-corrected chi connectivity index (χ4v) is 4.01. The van der Waals surface area contributed by atoms with Crippen LogP contribution in [0.3, 0.4) is 0 Å². The predicted octanol–water partition coefficient (Wildman–Crippen LogP) is 5.34. The average molecular weight is 361 g/mol. The van der Waals surface area contributed by atoms with Crippen molar-refractivity contribution in [2.45, 2.75) is 39.2 Å². The molecule has 2 N–H and O–H groups in total. The highest BCUT2D eigenvalue weighted by Gasteiger charge is 2.30. The Kier molecular flexibility index (Phi) is 4.64. The summed E-state index contributed by atoms with van der Waals surface area (Å²) < 4.78 is 0. The third kappa shape index (κ3) is 3.45. The summed E-state index contributed by atoms with van der Waals surface area (Å²) >= 11 is 5.53. The molecule has 1 heterocycles. The molecule has 0 fully saturated rings. The molecular weight excluding hydrogens is 336 g/mol. The third-order valence-electron chi connectivity index (χ3n) is 5.23. The van der Waals surface area contributed by atoms with Gasteiger partial charge in [-0.15, -0.1) is 0 Å². The quantitative estimate of drug-likeness (QED) is 0.707. The maximum atomic E-state index is 5.53. The molecule has 2 aromatic carbocycles. The monoisotopic (exact) mass is 360 g/mol. The minimum Gasteiger partial charge on any atom is -0.352 e. The molecule has 0 amide bonds. The van der Waals surface area contributed by atoms with E-state index in [1.807, 2.05) is 0 Å². The number of rotatable bonds is 2. The van der Waals surface area contributed by atoms with Gasteiger partial charge in [-0.2, -0.15) is 0 Å². The first kappa shape index (κ1) is 17.0. The van der Waals surface area contributed by atoms with E-state index in [0.717, 1.165) is 12.8 Å². The summed E-state index contributed by atoms with van der Waals surface area (Å²) in [5.41, 5.74) is 9.11. The van der Waals surface area contributed by atoms with Crippen molar-refractivity contribution >= 4 is 23.4 Å². The highest BCUT2D eigenvalue weighted by molar-refractivity contribution is 7.80. The van der Waals surface area contributed by atoms with Crippen molar-refractivity contribution in [1.29, 1.82) is 0 Å². The van der Waals surface area contributed by atoms with Gasteiger partial charge in [0.15, 0.2) is 5.11 Å². The lowest BCUT2D eigenvalue weighted by Crippen LogP contribution is -2.45. The summed E-state index contributed by atoms with van der Waals surface area (Å²) in [5.74, 6) is 0. The first-order valence-corrected chi connectivity index (χ1v) is 9.66. The molecule has 1 atom stereocenters. The zero-order valence-corrected chi connectivity index (χ0v) is 16.1. The second kappa shape index (κ2) is 7.08. The summed E-state index contributed by atoms with van der Waals surface area (Å²) in [7, 11) is 0. The van der Waals surface area contributed by atoms with Gasteiger partial charge in [0.1, 0.15) is 0 Å². The van der Waals surface area contributed by atoms with Gasteiger partial charge in [0, 0.05) is 5.70 Å². The van der Waals surface area contributed by atoms with Crippen LogP contribution < -0.4 is 10.6 Å². The van der Waals surface area contributed by atoms with Gasteiger partial charge in [-0.3, -0.25) is 0 Å². The lowest BCUT2D eigenvalue weighted by atomic mass is 9.83. The number of nitrogens with one attached hydrogen (secondary N) is 2. The largest absolute Gasteiger partial charge is 0.352 e. The second-order valence-electron chi connectivity index (χ2n) is 7.28. The van der Waals surface area contributed by atoms with Gasteiger partial charge < -0.3 is 10.6 Å². The molecule has 0 saturated carbocycles. The molecule has 1 aliphatic heterocycles. The number of hydrogen-bond acceptors (Lipinski definition) is 1. The first-order chi connectivity index (χ1) is 12.6. The summed E-state index contributed by atoms with van der Waals surface area (Å²) in [4.78, 5) is 0. The molecule has 0 radical (unpaired) electrons. The molecule has 0 spiro atoms. The van der Waals surface area contributed by atoms with Crippen LogP contribution >= 0.6 is 12.2 Å². The fraction of sp³-hybridized carbons (Fsp3) is 0.261. The van der Waals surface area contributed by atoms with Gasteiger partial charge in [-0.25, -0.2) is 0 Å². The Balaban J connectivity index is 1.75. The van der Waals surface area contributed by atoms with Crippen LogP contribution in [-0.4, -0.2) is 5.11 Å². The van der Waals surface area contributed by atoms with Crippen LogP contribution in [0, 0.1) is 13.8 Å².